The van der Waals surface area contributed by atoms with Gasteiger partial charge in [-0.25, -0.2) is 0 Å². The van der Waals surface area contributed by atoms with E-state index < -0.39 is 0 Å². The molecule has 2 rings (SSSR count). The number of nitroso groups, excluding NO2 is 1. The number of fused-ring (bicyclic) bond motifs is 1. The second kappa shape index (κ2) is 2.84. The van der Waals surface area contributed by atoms with Gasteiger partial charge in [0.05, 0.1) is 6.20 Å². The lowest BCUT2D eigenvalue weighted by Gasteiger charge is -2.17. The summed E-state index contributed by atoms with van der Waals surface area (Å²) in [6, 6.07) is 0. The number of nitrogens with zero attached hydrogens (tertiary/aromatic N) is 1. The summed E-state index contributed by atoms with van der Waals surface area (Å²) < 4.78 is 0.0143. The summed E-state index contributed by atoms with van der Waals surface area (Å²) in [6.45, 7) is 4.26. The molecule has 0 bridgehead atoms. The Hall–Kier alpha value is -0.310. The summed E-state index contributed by atoms with van der Waals surface area (Å²) >= 11 is 4.69. The normalized spacial score (nSPS) is 48.8. The molecular formula is C10H15NOS. The van der Waals surface area contributed by atoms with E-state index in [-0.39, 0.29) is 4.75 Å². The SMILES string of the molecule is C/C(=C\N=O)C1(S)C2CC(C)CC21. The number of hydrogen-bond donors (Lipinski definition) is 1. The molecule has 0 saturated heterocycles. The van der Waals surface area contributed by atoms with Crippen molar-refractivity contribution < 1.29 is 0 Å². The molecule has 0 heterocycles. The molecule has 2 nitrogen and oxygen atoms in total. The maximum absolute atomic E-state index is 10.1. The van der Waals surface area contributed by atoms with Crippen molar-refractivity contribution in [2.24, 2.45) is 22.9 Å². The van der Waals surface area contributed by atoms with Crippen LogP contribution in [0.15, 0.2) is 16.9 Å². The van der Waals surface area contributed by atoms with E-state index >= 15 is 0 Å². The van der Waals surface area contributed by atoms with Gasteiger partial charge in [-0.05, 0) is 48.3 Å². The molecule has 0 radical (unpaired) electrons. The summed E-state index contributed by atoms with van der Waals surface area (Å²) in [4.78, 5) is 10.1. The van der Waals surface area contributed by atoms with Gasteiger partial charge in [-0.3, -0.25) is 0 Å². The van der Waals surface area contributed by atoms with E-state index in [1.54, 1.807) is 0 Å². The maximum Gasteiger partial charge on any atom is 0.0718 e. The van der Waals surface area contributed by atoms with Gasteiger partial charge in [0.25, 0.3) is 0 Å². The van der Waals surface area contributed by atoms with Gasteiger partial charge in [-0.15, -0.1) is 4.91 Å². The van der Waals surface area contributed by atoms with Crippen LogP contribution in [0.2, 0.25) is 0 Å². The second-order valence-electron chi connectivity index (χ2n) is 4.53. The zero-order valence-electron chi connectivity index (χ0n) is 8.03. The Morgan fingerprint density at radius 3 is 2.54 bits per heavy atom. The van der Waals surface area contributed by atoms with E-state index in [0.717, 1.165) is 11.5 Å². The third kappa shape index (κ3) is 1.17. The van der Waals surface area contributed by atoms with Gasteiger partial charge < -0.3 is 0 Å². The minimum absolute atomic E-state index is 0.0143. The van der Waals surface area contributed by atoms with Crippen LogP contribution in [0.1, 0.15) is 26.7 Å². The fourth-order valence-corrected chi connectivity index (χ4v) is 3.49. The predicted octanol–water partition coefficient (Wildman–Crippen LogP) is 3.00. The van der Waals surface area contributed by atoms with Crippen LogP contribution in [-0.2, 0) is 0 Å². The smallest absolute Gasteiger partial charge is 0.0718 e. The summed E-state index contributed by atoms with van der Waals surface area (Å²) in [7, 11) is 0. The zero-order valence-corrected chi connectivity index (χ0v) is 8.92. The molecule has 0 aromatic carbocycles. The standard InChI is InChI=1S/C10H15NOS/c1-6-3-8-9(4-6)10(8,13)7(2)5-11-12/h5-6,8-9,13H,3-4H2,1-2H3/b7-5+. The van der Waals surface area contributed by atoms with Crippen LogP contribution in [0.3, 0.4) is 0 Å². The summed E-state index contributed by atoms with van der Waals surface area (Å²) in [5.41, 5.74) is 1.05. The van der Waals surface area contributed by atoms with Crippen molar-refractivity contribution in [3.63, 3.8) is 0 Å². The fourth-order valence-electron chi connectivity index (χ4n) is 2.94. The monoisotopic (exact) mass is 197 g/mol. The van der Waals surface area contributed by atoms with Crippen molar-refractivity contribution in [2.75, 3.05) is 0 Å². The van der Waals surface area contributed by atoms with Gasteiger partial charge in [0.15, 0.2) is 0 Å². The molecule has 2 aliphatic carbocycles. The molecule has 0 amide bonds. The lowest BCUT2D eigenvalue weighted by atomic mass is 9.98. The van der Waals surface area contributed by atoms with Crippen LogP contribution in [0.4, 0.5) is 0 Å². The quantitative estimate of drug-likeness (QED) is 0.535. The molecule has 3 heteroatoms. The van der Waals surface area contributed by atoms with E-state index in [4.69, 9.17) is 0 Å². The van der Waals surface area contributed by atoms with Gasteiger partial charge in [0, 0.05) is 4.75 Å². The molecule has 72 valence electrons. The van der Waals surface area contributed by atoms with Crippen molar-refractivity contribution in [1.29, 1.82) is 0 Å². The molecular weight excluding hydrogens is 182 g/mol. The Morgan fingerprint density at radius 2 is 2.08 bits per heavy atom. The highest BCUT2D eigenvalue weighted by atomic mass is 32.1. The molecule has 2 aliphatic rings. The largest absolute Gasteiger partial charge is 0.167 e. The summed E-state index contributed by atoms with van der Waals surface area (Å²) in [6.07, 6.45) is 3.95. The van der Waals surface area contributed by atoms with E-state index in [1.807, 2.05) is 6.92 Å². The van der Waals surface area contributed by atoms with Gasteiger partial charge in [-0.2, -0.15) is 12.6 Å². The van der Waals surface area contributed by atoms with Crippen molar-refractivity contribution in [3.05, 3.63) is 16.7 Å². The first-order chi connectivity index (χ1) is 6.10. The van der Waals surface area contributed by atoms with Crippen molar-refractivity contribution in [1.82, 2.24) is 0 Å². The van der Waals surface area contributed by atoms with E-state index in [1.165, 1.54) is 19.0 Å². The zero-order chi connectivity index (χ0) is 9.64. The summed E-state index contributed by atoms with van der Waals surface area (Å²) in [5, 5.41) is 2.83. The second-order valence-corrected chi connectivity index (χ2v) is 5.27. The average Bonchev–Trinajstić information content (AvgIpc) is 2.45. The predicted molar refractivity (Wildman–Crippen MR) is 56.6 cm³/mol. The van der Waals surface area contributed by atoms with Gasteiger partial charge in [-0.1, -0.05) is 6.92 Å². The lowest BCUT2D eigenvalue weighted by Crippen LogP contribution is -2.12. The molecule has 2 atom stereocenters. The first kappa shape index (κ1) is 9.25. The van der Waals surface area contributed by atoms with Crippen LogP contribution in [0.5, 0.6) is 0 Å². The Balaban J connectivity index is 2.12. The lowest BCUT2D eigenvalue weighted by molar-refractivity contribution is 0.511. The Labute approximate surface area is 84.2 Å². The van der Waals surface area contributed by atoms with Gasteiger partial charge in [0.1, 0.15) is 0 Å². The van der Waals surface area contributed by atoms with Crippen molar-refractivity contribution in [2.45, 2.75) is 31.4 Å². The molecule has 13 heavy (non-hydrogen) atoms. The topological polar surface area (TPSA) is 29.4 Å². The van der Waals surface area contributed by atoms with Crippen molar-refractivity contribution in [3.8, 4) is 0 Å². The molecule has 2 saturated carbocycles. The van der Waals surface area contributed by atoms with Crippen LogP contribution in [-0.4, -0.2) is 4.75 Å². The number of thiol groups is 1. The van der Waals surface area contributed by atoms with Crippen molar-refractivity contribution >= 4 is 12.6 Å². The van der Waals surface area contributed by atoms with Crippen LogP contribution in [0.25, 0.3) is 0 Å². The molecule has 0 aromatic rings. The highest BCUT2D eigenvalue weighted by molar-refractivity contribution is 7.82. The first-order valence-corrected chi connectivity index (χ1v) is 5.27. The Morgan fingerprint density at radius 1 is 1.54 bits per heavy atom. The minimum Gasteiger partial charge on any atom is -0.167 e. The molecule has 0 spiro atoms. The molecule has 0 aromatic heterocycles. The third-order valence-corrected chi connectivity index (χ3v) is 4.71. The number of hydrogen-bond acceptors (Lipinski definition) is 3. The molecule has 0 N–H and O–H groups in total. The molecule has 2 unspecified atom stereocenters. The van der Waals surface area contributed by atoms with E-state index in [0.29, 0.717) is 11.8 Å². The highest BCUT2D eigenvalue weighted by Crippen LogP contribution is 2.68. The third-order valence-electron chi connectivity index (χ3n) is 3.70. The Kier molecular flexibility index (Phi) is 2.02. The highest BCUT2D eigenvalue weighted by Gasteiger charge is 2.66. The van der Waals surface area contributed by atoms with Crippen LogP contribution >= 0.6 is 12.6 Å². The fraction of sp³-hybridized carbons (Fsp3) is 0.800. The summed E-state index contributed by atoms with van der Waals surface area (Å²) in [5.74, 6) is 2.24. The number of rotatable bonds is 2. The maximum atomic E-state index is 10.1. The Bertz CT molecular complexity index is 262. The average molecular weight is 197 g/mol. The van der Waals surface area contributed by atoms with E-state index in [9.17, 15) is 4.91 Å². The molecule has 2 fully saturated rings. The first-order valence-electron chi connectivity index (χ1n) is 4.82. The van der Waals surface area contributed by atoms with Gasteiger partial charge >= 0.3 is 0 Å². The minimum atomic E-state index is 0.0143. The molecule has 0 aliphatic heterocycles. The van der Waals surface area contributed by atoms with Gasteiger partial charge in [0.2, 0.25) is 0 Å². The van der Waals surface area contributed by atoms with E-state index in [2.05, 4.69) is 24.7 Å². The van der Waals surface area contributed by atoms with Crippen LogP contribution < -0.4 is 0 Å². The van der Waals surface area contributed by atoms with Crippen LogP contribution in [0, 0.1) is 22.7 Å².